The third-order valence-electron chi connectivity index (χ3n) is 4.17. The van der Waals surface area contributed by atoms with Crippen molar-refractivity contribution in [1.82, 2.24) is 9.78 Å². The van der Waals surface area contributed by atoms with Gasteiger partial charge in [0.25, 0.3) is 0 Å². The first-order valence-electron chi connectivity index (χ1n) is 7.40. The number of nitrogens with zero attached hydrogens (tertiary/aromatic N) is 2. The van der Waals surface area contributed by atoms with Crippen LogP contribution in [0.2, 0.25) is 0 Å². The van der Waals surface area contributed by atoms with Crippen molar-refractivity contribution < 1.29 is 9.84 Å². The van der Waals surface area contributed by atoms with Crippen molar-refractivity contribution in [1.29, 1.82) is 0 Å². The summed E-state index contributed by atoms with van der Waals surface area (Å²) in [6.07, 6.45) is 2.09. The van der Waals surface area contributed by atoms with Crippen molar-refractivity contribution in [2.45, 2.75) is 51.4 Å². The molecule has 0 radical (unpaired) electrons. The lowest BCUT2D eigenvalue weighted by molar-refractivity contribution is -0.0964. The fraction of sp³-hybridized carbons (Fsp3) is 0.562. The molecule has 3 rings (SSSR count). The average molecular weight is 274 g/mol. The number of ether oxygens (including phenoxy) is 1. The Morgan fingerprint density at radius 3 is 3.00 bits per heavy atom. The highest BCUT2D eigenvalue weighted by atomic mass is 16.5. The average Bonchev–Trinajstić information content (AvgIpc) is 2.76. The van der Waals surface area contributed by atoms with Crippen molar-refractivity contribution >= 4 is 10.9 Å². The minimum atomic E-state index is -0.687. The predicted octanol–water partition coefficient (Wildman–Crippen LogP) is 2.53. The summed E-state index contributed by atoms with van der Waals surface area (Å²) in [5.74, 6) is 0. The van der Waals surface area contributed by atoms with Gasteiger partial charge < -0.3 is 9.84 Å². The highest BCUT2D eigenvalue weighted by Crippen LogP contribution is 2.30. The number of aliphatic hydroxyl groups is 1. The van der Waals surface area contributed by atoms with Crippen LogP contribution in [0.3, 0.4) is 0 Å². The molecular formula is C16H22N2O2. The van der Waals surface area contributed by atoms with Crippen molar-refractivity contribution in [3.05, 3.63) is 30.0 Å². The van der Waals surface area contributed by atoms with Gasteiger partial charge in [0.2, 0.25) is 0 Å². The van der Waals surface area contributed by atoms with Gasteiger partial charge in [0, 0.05) is 31.4 Å². The zero-order chi connectivity index (χ0) is 14.2. The number of para-hydroxylation sites is 1. The number of rotatable bonds is 3. The topological polar surface area (TPSA) is 47.3 Å². The van der Waals surface area contributed by atoms with E-state index >= 15 is 0 Å². The second kappa shape index (κ2) is 5.19. The molecule has 1 saturated heterocycles. The number of aryl methyl sites for hydroxylation is 1. The molecule has 2 unspecified atom stereocenters. The van der Waals surface area contributed by atoms with Crippen LogP contribution in [0.4, 0.5) is 0 Å². The molecule has 4 heteroatoms. The lowest BCUT2D eigenvalue weighted by atomic mass is 9.86. The van der Waals surface area contributed by atoms with Crippen LogP contribution < -0.4 is 0 Å². The largest absolute Gasteiger partial charge is 0.389 e. The lowest BCUT2D eigenvalue weighted by Gasteiger charge is -2.35. The number of benzene rings is 1. The van der Waals surface area contributed by atoms with Crippen LogP contribution in [-0.2, 0) is 17.7 Å². The summed E-state index contributed by atoms with van der Waals surface area (Å²) in [5.41, 5.74) is 1.46. The van der Waals surface area contributed by atoms with Gasteiger partial charge in [0.1, 0.15) is 0 Å². The molecule has 1 aliphatic heterocycles. The third kappa shape index (κ3) is 2.45. The molecule has 1 N–H and O–H groups in total. The van der Waals surface area contributed by atoms with Gasteiger partial charge in [0.15, 0.2) is 0 Å². The van der Waals surface area contributed by atoms with Crippen LogP contribution in [-0.4, -0.2) is 33.2 Å². The summed E-state index contributed by atoms with van der Waals surface area (Å²) in [6, 6.07) is 8.25. The van der Waals surface area contributed by atoms with E-state index in [-0.39, 0.29) is 6.10 Å². The van der Waals surface area contributed by atoms with Gasteiger partial charge in [-0.05, 0) is 26.3 Å². The highest BCUT2D eigenvalue weighted by Gasteiger charge is 2.34. The summed E-state index contributed by atoms with van der Waals surface area (Å²) in [5, 5.41) is 16.6. The molecular weight excluding hydrogens is 252 g/mol. The first-order valence-corrected chi connectivity index (χ1v) is 7.40. The Balaban J connectivity index is 1.94. The summed E-state index contributed by atoms with van der Waals surface area (Å²) in [7, 11) is 0. The summed E-state index contributed by atoms with van der Waals surface area (Å²) < 4.78 is 7.55. The van der Waals surface area contributed by atoms with Crippen molar-refractivity contribution in [2.24, 2.45) is 0 Å². The molecule has 4 nitrogen and oxygen atoms in total. The van der Waals surface area contributed by atoms with Crippen molar-refractivity contribution in [3.8, 4) is 0 Å². The molecule has 0 aliphatic carbocycles. The van der Waals surface area contributed by atoms with Crippen LogP contribution in [0.5, 0.6) is 0 Å². The fourth-order valence-corrected chi connectivity index (χ4v) is 3.19. The van der Waals surface area contributed by atoms with Gasteiger partial charge in [-0.3, -0.25) is 4.68 Å². The number of hydrogen-bond acceptors (Lipinski definition) is 3. The zero-order valence-corrected chi connectivity index (χ0v) is 12.2. The monoisotopic (exact) mass is 274 g/mol. The second-order valence-electron chi connectivity index (χ2n) is 5.82. The Morgan fingerprint density at radius 2 is 2.25 bits per heavy atom. The molecule has 2 heterocycles. The molecule has 0 bridgehead atoms. The molecule has 0 saturated carbocycles. The molecule has 108 valence electrons. The molecule has 2 aromatic rings. The van der Waals surface area contributed by atoms with Crippen LogP contribution in [0.25, 0.3) is 10.9 Å². The molecule has 1 fully saturated rings. The van der Waals surface area contributed by atoms with Gasteiger partial charge in [-0.25, -0.2) is 0 Å². The SMILES string of the molecule is CCn1nc(CC2(O)CCOC(C)C2)c2ccccc21. The van der Waals surface area contributed by atoms with E-state index in [1.54, 1.807) is 0 Å². The van der Waals surface area contributed by atoms with Crippen molar-refractivity contribution in [2.75, 3.05) is 6.61 Å². The van der Waals surface area contributed by atoms with E-state index in [1.165, 1.54) is 0 Å². The summed E-state index contributed by atoms with van der Waals surface area (Å²) in [6.45, 7) is 5.59. The minimum absolute atomic E-state index is 0.119. The zero-order valence-electron chi connectivity index (χ0n) is 12.2. The van der Waals surface area contributed by atoms with E-state index in [0.717, 1.165) is 23.1 Å². The highest BCUT2D eigenvalue weighted by molar-refractivity contribution is 5.82. The number of aromatic nitrogens is 2. The van der Waals surface area contributed by atoms with Gasteiger partial charge in [0.05, 0.1) is 22.9 Å². The predicted molar refractivity (Wildman–Crippen MR) is 78.7 cm³/mol. The Labute approximate surface area is 119 Å². The molecule has 0 amide bonds. The smallest absolute Gasteiger partial charge is 0.0750 e. The number of fused-ring (bicyclic) bond motifs is 1. The van der Waals surface area contributed by atoms with E-state index in [9.17, 15) is 5.11 Å². The van der Waals surface area contributed by atoms with Crippen molar-refractivity contribution in [3.63, 3.8) is 0 Å². The molecule has 1 aromatic carbocycles. The van der Waals surface area contributed by atoms with E-state index < -0.39 is 5.60 Å². The van der Waals surface area contributed by atoms with Gasteiger partial charge in [-0.15, -0.1) is 0 Å². The Morgan fingerprint density at radius 1 is 1.45 bits per heavy atom. The van der Waals surface area contributed by atoms with E-state index in [2.05, 4.69) is 24.2 Å². The van der Waals surface area contributed by atoms with Gasteiger partial charge in [-0.2, -0.15) is 5.10 Å². The van der Waals surface area contributed by atoms with E-state index in [0.29, 0.717) is 25.9 Å². The Hall–Kier alpha value is -1.39. The maximum Gasteiger partial charge on any atom is 0.0750 e. The quantitative estimate of drug-likeness (QED) is 0.935. The summed E-state index contributed by atoms with van der Waals surface area (Å²) in [4.78, 5) is 0. The molecule has 1 aliphatic rings. The van der Waals surface area contributed by atoms with Crippen LogP contribution in [0.1, 0.15) is 32.4 Å². The van der Waals surface area contributed by atoms with Crippen LogP contribution in [0.15, 0.2) is 24.3 Å². The molecule has 1 aromatic heterocycles. The standard InChI is InChI=1S/C16H22N2O2/c1-3-18-15-7-5-4-6-13(15)14(17-18)11-16(19)8-9-20-12(2)10-16/h4-7,12,19H,3,8-11H2,1-2H3. The maximum absolute atomic E-state index is 10.8. The molecule has 20 heavy (non-hydrogen) atoms. The maximum atomic E-state index is 10.8. The van der Waals surface area contributed by atoms with Crippen LogP contribution >= 0.6 is 0 Å². The Bertz CT molecular complexity index is 608. The second-order valence-corrected chi connectivity index (χ2v) is 5.82. The first kappa shape index (κ1) is 13.6. The normalized spacial score (nSPS) is 27.1. The minimum Gasteiger partial charge on any atom is -0.389 e. The molecule has 2 atom stereocenters. The lowest BCUT2D eigenvalue weighted by Crippen LogP contribution is -2.41. The van der Waals surface area contributed by atoms with E-state index in [1.807, 2.05) is 23.7 Å². The van der Waals surface area contributed by atoms with Gasteiger partial charge in [-0.1, -0.05) is 18.2 Å². The number of hydrogen-bond donors (Lipinski definition) is 1. The summed E-state index contributed by atoms with van der Waals surface area (Å²) >= 11 is 0. The first-order chi connectivity index (χ1) is 9.61. The fourth-order valence-electron chi connectivity index (χ4n) is 3.19. The van der Waals surface area contributed by atoms with Gasteiger partial charge >= 0.3 is 0 Å². The molecule has 0 spiro atoms. The third-order valence-corrected chi connectivity index (χ3v) is 4.17. The Kier molecular flexibility index (Phi) is 3.52. The van der Waals surface area contributed by atoms with Crippen LogP contribution in [0, 0.1) is 0 Å². The van der Waals surface area contributed by atoms with E-state index in [4.69, 9.17) is 4.74 Å².